The Morgan fingerprint density at radius 3 is 2.89 bits per heavy atom. The molecule has 2 unspecified atom stereocenters. The van der Waals surface area contributed by atoms with Crippen LogP contribution in [0.15, 0.2) is 34.7 Å². The Hall–Kier alpha value is -3.63. The van der Waals surface area contributed by atoms with Crippen LogP contribution in [-0.2, 0) is 0 Å². The van der Waals surface area contributed by atoms with Crippen molar-refractivity contribution in [3.05, 3.63) is 41.2 Å². The van der Waals surface area contributed by atoms with Gasteiger partial charge in [0.1, 0.15) is 16.8 Å². The fourth-order valence-corrected chi connectivity index (χ4v) is 4.66. The van der Waals surface area contributed by atoms with E-state index < -0.39 is 0 Å². The average Bonchev–Trinajstić information content (AvgIpc) is 3.36. The van der Waals surface area contributed by atoms with Gasteiger partial charge in [-0.25, -0.2) is 4.98 Å². The molecule has 1 amide bonds. The number of ether oxygens (including phenoxy) is 2. The molecule has 10 nitrogen and oxygen atoms in total. The highest BCUT2D eigenvalue weighted by Gasteiger charge is 2.27. The van der Waals surface area contributed by atoms with Crippen molar-refractivity contribution >= 4 is 45.1 Å². The molecule has 2 aliphatic heterocycles. The summed E-state index contributed by atoms with van der Waals surface area (Å²) >= 11 is 6.19. The SMILES string of the molecule is CC1CNc2c(oc3ccc4nc(Oc5cc(Cl)nc(OC6CCN(C)C6)n5)ccc4c23)C(=O)N1. The molecule has 180 valence electrons. The third-order valence-corrected chi connectivity index (χ3v) is 6.34. The van der Waals surface area contributed by atoms with E-state index >= 15 is 0 Å². The van der Waals surface area contributed by atoms with Crippen LogP contribution < -0.4 is 20.1 Å². The number of nitrogens with zero attached hydrogens (tertiary/aromatic N) is 4. The Morgan fingerprint density at radius 2 is 2.06 bits per heavy atom. The van der Waals surface area contributed by atoms with E-state index in [2.05, 4.69) is 30.5 Å². The lowest BCUT2D eigenvalue weighted by molar-refractivity contribution is 0.0920. The maximum atomic E-state index is 12.5. The van der Waals surface area contributed by atoms with Crippen LogP contribution in [0.25, 0.3) is 21.9 Å². The number of aromatic nitrogens is 3. The highest BCUT2D eigenvalue weighted by Crippen LogP contribution is 2.38. The van der Waals surface area contributed by atoms with E-state index in [1.54, 1.807) is 12.1 Å². The monoisotopic (exact) mass is 494 g/mol. The quantitative estimate of drug-likeness (QED) is 0.408. The molecular formula is C24H23ClN6O4. The van der Waals surface area contributed by atoms with Crippen LogP contribution in [0.2, 0.25) is 5.15 Å². The Labute approximate surface area is 205 Å². The van der Waals surface area contributed by atoms with Crippen LogP contribution >= 0.6 is 11.6 Å². The summed E-state index contributed by atoms with van der Waals surface area (Å²) in [5.74, 6) is 0.613. The number of benzene rings is 1. The molecule has 0 aliphatic carbocycles. The van der Waals surface area contributed by atoms with Gasteiger partial charge in [-0.2, -0.15) is 9.97 Å². The first-order chi connectivity index (χ1) is 16.9. The summed E-state index contributed by atoms with van der Waals surface area (Å²) in [7, 11) is 2.04. The van der Waals surface area contributed by atoms with Gasteiger partial charge in [0.2, 0.25) is 17.5 Å². The first-order valence-corrected chi connectivity index (χ1v) is 11.8. The first-order valence-electron chi connectivity index (χ1n) is 11.4. The highest BCUT2D eigenvalue weighted by molar-refractivity contribution is 6.29. The largest absolute Gasteiger partial charge is 0.459 e. The Balaban J connectivity index is 1.31. The van der Waals surface area contributed by atoms with E-state index in [1.807, 2.05) is 26.1 Å². The smallest absolute Gasteiger partial charge is 0.321 e. The van der Waals surface area contributed by atoms with E-state index in [4.69, 9.17) is 25.5 Å². The molecule has 5 heterocycles. The van der Waals surface area contributed by atoms with Gasteiger partial charge in [-0.15, -0.1) is 0 Å². The van der Waals surface area contributed by atoms with E-state index in [-0.39, 0.29) is 40.9 Å². The fourth-order valence-electron chi connectivity index (χ4n) is 4.49. The minimum Gasteiger partial charge on any atom is -0.459 e. The van der Waals surface area contributed by atoms with E-state index in [0.717, 1.165) is 30.3 Å². The average molecular weight is 495 g/mol. The normalized spacial score (nSPS) is 20.4. The number of anilines is 1. The third kappa shape index (κ3) is 4.19. The number of amides is 1. The maximum Gasteiger partial charge on any atom is 0.321 e. The van der Waals surface area contributed by atoms with Crippen molar-refractivity contribution in [2.24, 2.45) is 0 Å². The fraction of sp³-hybridized carbons (Fsp3) is 0.333. The third-order valence-electron chi connectivity index (χ3n) is 6.15. The number of rotatable bonds is 4. The van der Waals surface area contributed by atoms with Gasteiger partial charge < -0.3 is 29.4 Å². The second-order valence-electron chi connectivity index (χ2n) is 8.92. The molecule has 2 atom stereocenters. The van der Waals surface area contributed by atoms with Crippen molar-refractivity contribution in [2.45, 2.75) is 25.5 Å². The van der Waals surface area contributed by atoms with Gasteiger partial charge in [0.25, 0.3) is 5.91 Å². The molecule has 3 aromatic heterocycles. The van der Waals surface area contributed by atoms with Gasteiger partial charge in [-0.3, -0.25) is 4.79 Å². The molecule has 0 spiro atoms. The van der Waals surface area contributed by atoms with Crippen LogP contribution in [-0.4, -0.2) is 64.6 Å². The molecule has 0 bridgehead atoms. The van der Waals surface area contributed by atoms with Gasteiger partial charge in [0.15, 0.2) is 0 Å². The summed E-state index contributed by atoms with van der Waals surface area (Å²) in [6.07, 6.45) is 0.910. The summed E-state index contributed by atoms with van der Waals surface area (Å²) in [4.78, 5) is 27.9. The van der Waals surface area contributed by atoms with Gasteiger partial charge in [0.05, 0.1) is 16.6 Å². The molecule has 1 saturated heterocycles. The number of carbonyl (C=O) groups is 1. The molecule has 1 aromatic carbocycles. The lowest BCUT2D eigenvalue weighted by Crippen LogP contribution is -2.34. The number of likely N-dealkylation sites (tertiary alicyclic amines) is 1. The Bertz CT molecular complexity index is 1460. The van der Waals surface area contributed by atoms with E-state index in [0.29, 0.717) is 29.2 Å². The first kappa shape index (κ1) is 21.9. The zero-order chi connectivity index (χ0) is 24.1. The van der Waals surface area contributed by atoms with Crippen LogP contribution in [0.4, 0.5) is 5.69 Å². The lowest BCUT2D eigenvalue weighted by Gasteiger charge is -2.13. The van der Waals surface area contributed by atoms with Crippen molar-refractivity contribution < 1.29 is 18.7 Å². The van der Waals surface area contributed by atoms with Crippen molar-refractivity contribution in [1.82, 2.24) is 25.2 Å². The topological polar surface area (TPSA) is 115 Å². The second-order valence-corrected chi connectivity index (χ2v) is 9.31. The number of hydrogen-bond donors (Lipinski definition) is 2. The summed E-state index contributed by atoms with van der Waals surface area (Å²) < 4.78 is 17.7. The predicted octanol–water partition coefficient (Wildman–Crippen LogP) is 3.84. The Morgan fingerprint density at radius 1 is 1.17 bits per heavy atom. The van der Waals surface area contributed by atoms with Gasteiger partial charge >= 0.3 is 6.01 Å². The van der Waals surface area contributed by atoms with Crippen molar-refractivity contribution in [3.63, 3.8) is 0 Å². The van der Waals surface area contributed by atoms with Crippen LogP contribution in [0.5, 0.6) is 17.8 Å². The van der Waals surface area contributed by atoms with E-state index in [9.17, 15) is 4.79 Å². The summed E-state index contributed by atoms with van der Waals surface area (Å²) in [5.41, 5.74) is 1.96. The summed E-state index contributed by atoms with van der Waals surface area (Å²) in [5, 5.41) is 8.11. The van der Waals surface area contributed by atoms with Crippen molar-refractivity contribution in [3.8, 4) is 17.8 Å². The number of fused-ring (bicyclic) bond motifs is 5. The molecular weight excluding hydrogens is 472 g/mol. The molecule has 1 fully saturated rings. The molecule has 4 aromatic rings. The number of hydrogen-bond acceptors (Lipinski definition) is 9. The molecule has 2 N–H and O–H groups in total. The number of halogens is 1. The lowest BCUT2D eigenvalue weighted by atomic mass is 10.1. The van der Waals surface area contributed by atoms with Crippen molar-refractivity contribution in [2.75, 3.05) is 32.0 Å². The Kier molecular flexibility index (Phi) is 5.34. The highest BCUT2D eigenvalue weighted by atomic mass is 35.5. The zero-order valence-corrected chi connectivity index (χ0v) is 19.9. The molecule has 0 saturated carbocycles. The van der Waals surface area contributed by atoms with Crippen molar-refractivity contribution in [1.29, 1.82) is 0 Å². The maximum absolute atomic E-state index is 12.5. The molecule has 35 heavy (non-hydrogen) atoms. The van der Waals surface area contributed by atoms with Crippen LogP contribution in [0.1, 0.15) is 23.9 Å². The summed E-state index contributed by atoms with van der Waals surface area (Å²) in [6, 6.07) is 8.93. The molecule has 6 rings (SSSR count). The molecule has 11 heteroatoms. The zero-order valence-electron chi connectivity index (χ0n) is 19.2. The van der Waals surface area contributed by atoms with Gasteiger partial charge in [-0.05, 0) is 38.6 Å². The van der Waals surface area contributed by atoms with Crippen LogP contribution in [0, 0.1) is 0 Å². The standard InChI is InChI=1S/C24H23ClN6O4/c1-12-10-26-21-20-14-3-6-18(28-15(14)4-5-16(20)34-22(21)23(32)27-12)35-19-9-17(25)29-24(30-19)33-13-7-8-31(2)11-13/h3-6,9,12-13,26H,7-8,10-11H2,1-2H3,(H,27,32). The number of furan rings is 1. The molecule has 0 radical (unpaired) electrons. The van der Waals surface area contributed by atoms with Crippen LogP contribution in [0.3, 0.4) is 0 Å². The number of nitrogens with one attached hydrogen (secondary N) is 2. The number of pyridine rings is 1. The number of carbonyl (C=O) groups excluding carboxylic acids is 1. The summed E-state index contributed by atoms with van der Waals surface area (Å²) in [6.45, 7) is 4.29. The number of likely N-dealkylation sites (N-methyl/N-ethyl adjacent to an activating group) is 1. The van der Waals surface area contributed by atoms with Gasteiger partial charge in [0, 0.05) is 43.2 Å². The van der Waals surface area contributed by atoms with E-state index in [1.165, 1.54) is 6.07 Å². The molecule has 2 aliphatic rings. The minimum atomic E-state index is -0.238. The minimum absolute atomic E-state index is 0.0105. The second kappa shape index (κ2) is 8.54. The predicted molar refractivity (Wildman–Crippen MR) is 131 cm³/mol. The van der Waals surface area contributed by atoms with Gasteiger partial charge in [-0.1, -0.05) is 11.6 Å².